The van der Waals surface area contributed by atoms with Crippen LogP contribution in [0.2, 0.25) is 0 Å². The van der Waals surface area contributed by atoms with Crippen molar-refractivity contribution in [3.63, 3.8) is 0 Å². The van der Waals surface area contributed by atoms with Crippen LogP contribution in [0.5, 0.6) is 0 Å². The SMILES string of the molecule is CC(CN)CNCC1(C(C)C)CC1. The third-order valence-electron chi connectivity index (χ3n) is 3.49. The Hall–Kier alpha value is -0.0800. The fraction of sp³-hybridized carbons (Fsp3) is 1.00. The van der Waals surface area contributed by atoms with Crippen LogP contribution in [0.3, 0.4) is 0 Å². The third kappa shape index (κ3) is 2.96. The fourth-order valence-corrected chi connectivity index (χ4v) is 1.77. The Kier molecular flexibility index (Phi) is 3.74. The van der Waals surface area contributed by atoms with Gasteiger partial charge < -0.3 is 11.1 Å². The van der Waals surface area contributed by atoms with Gasteiger partial charge in [0.15, 0.2) is 0 Å². The van der Waals surface area contributed by atoms with Gasteiger partial charge in [-0.1, -0.05) is 20.8 Å². The number of rotatable bonds is 6. The van der Waals surface area contributed by atoms with Crippen molar-refractivity contribution in [3.05, 3.63) is 0 Å². The highest BCUT2D eigenvalue weighted by molar-refractivity contribution is 4.97. The molecule has 3 N–H and O–H groups in total. The first-order chi connectivity index (χ1) is 6.10. The lowest BCUT2D eigenvalue weighted by atomic mass is 9.92. The van der Waals surface area contributed by atoms with E-state index in [1.807, 2.05) is 0 Å². The van der Waals surface area contributed by atoms with Crippen molar-refractivity contribution in [2.45, 2.75) is 33.6 Å². The summed E-state index contributed by atoms with van der Waals surface area (Å²) < 4.78 is 0. The summed E-state index contributed by atoms with van der Waals surface area (Å²) in [5.74, 6) is 1.44. The molecule has 0 aromatic carbocycles. The maximum absolute atomic E-state index is 5.56. The summed E-state index contributed by atoms with van der Waals surface area (Å²) >= 11 is 0. The second-order valence-corrected chi connectivity index (χ2v) is 4.99. The highest BCUT2D eigenvalue weighted by Gasteiger charge is 2.44. The zero-order valence-corrected chi connectivity index (χ0v) is 9.27. The monoisotopic (exact) mass is 184 g/mol. The van der Waals surface area contributed by atoms with Gasteiger partial charge in [0.25, 0.3) is 0 Å². The van der Waals surface area contributed by atoms with E-state index in [0.717, 1.165) is 19.0 Å². The van der Waals surface area contributed by atoms with Crippen molar-refractivity contribution in [1.29, 1.82) is 0 Å². The van der Waals surface area contributed by atoms with Gasteiger partial charge in [-0.15, -0.1) is 0 Å². The number of nitrogens with one attached hydrogen (secondary N) is 1. The quantitative estimate of drug-likeness (QED) is 0.658. The topological polar surface area (TPSA) is 38.0 Å². The van der Waals surface area contributed by atoms with Gasteiger partial charge in [0, 0.05) is 6.54 Å². The van der Waals surface area contributed by atoms with Gasteiger partial charge in [-0.05, 0) is 43.2 Å². The lowest BCUT2D eigenvalue weighted by molar-refractivity contribution is 0.330. The summed E-state index contributed by atoms with van der Waals surface area (Å²) in [4.78, 5) is 0. The molecule has 1 rings (SSSR count). The molecule has 0 amide bonds. The third-order valence-corrected chi connectivity index (χ3v) is 3.49. The fourth-order valence-electron chi connectivity index (χ4n) is 1.77. The molecular weight excluding hydrogens is 160 g/mol. The molecule has 0 aliphatic heterocycles. The van der Waals surface area contributed by atoms with Crippen LogP contribution >= 0.6 is 0 Å². The number of nitrogens with two attached hydrogens (primary N) is 1. The Labute approximate surface area is 82.3 Å². The van der Waals surface area contributed by atoms with E-state index in [-0.39, 0.29) is 0 Å². The smallest absolute Gasteiger partial charge is 0.00104 e. The van der Waals surface area contributed by atoms with E-state index in [0.29, 0.717) is 11.3 Å². The Morgan fingerprint density at radius 1 is 1.31 bits per heavy atom. The number of hydrogen-bond donors (Lipinski definition) is 2. The molecule has 0 bridgehead atoms. The summed E-state index contributed by atoms with van der Waals surface area (Å²) in [5, 5.41) is 3.54. The molecule has 0 spiro atoms. The molecule has 1 atom stereocenters. The van der Waals surface area contributed by atoms with E-state index in [9.17, 15) is 0 Å². The van der Waals surface area contributed by atoms with E-state index in [4.69, 9.17) is 5.73 Å². The summed E-state index contributed by atoms with van der Waals surface area (Å²) in [5.41, 5.74) is 6.19. The minimum Gasteiger partial charge on any atom is -0.330 e. The first-order valence-electron chi connectivity index (χ1n) is 5.51. The molecule has 0 saturated heterocycles. The van der Waals surface area contributed by atoms with Gasteiger partial charge in [-0.2, -0.15) is 0 Å². The summed E-state index contributed by atoms with van der Waals surface area (Å²) in [6, 6.07) is 0. The lowest BCUT2D eigenvalue weighted by Crippen LogP contribution is -2.32. The van der Waals surface area contributed by atoms with Crippen LogP contribution in [-0.4, -0.2) is 19.6 Å². The molecule has 0 heterocycles. The Morgan fingerprint density at radius 2 is 1.92 bits per heavy atom. The molecule has 1 unspecified atom stereocenters. The second-order valence-electron chi connectivity index (χ2n) is 4.99. The molecule has 0 aromatic heterocycles. The second kappa shape index (κ2) is 4.43. The minimum atomic E-state index is 0.614. The Morgan fingerprint density at radius 3 is 2.31 bits per heavy atom. The van der Waals surface area contributed by atoms with Crippen molar-refractivity contribution in [2.75, 3.05) is 19.6 Å². The predicted octanol–water partition coefficient (Wildman–Crippen LogP) is 1.61. The molecule has 1 fully saturated rings. The van der Waals surface area contributed by atoms with Crippen LogP contribution in [0.15, 0.2) is 0 Å². The summed E-state index contributed by atoms with van der Waals surface area (Å²) in [6.07, 6.45) is 2.82. The molecular formula is C11H24N2. The van der Waals surface area contributed by atoms with Crippen LogP contribution < -0.4 is 11.1 Å². The molecule has 2 nitrogen and oxygen atoms in total. The molecule has 0 radical (unpaired) electrons. The van der Waals surface area contributed by atoms with Crippen LogP contribution in [0, 0.1) is 17.3 Å². The van der Waals surface area contributed by atoms with Crippen LogP contribution in [0.1, 0.15) is 33.6 Å². The molecule has 0 aromatic rings. The van der Waals surface area contributed by atoms with Gasteiger partial charge in [-0.3, -0.25) is 0 Å². The minimum absolute atomic E-state index is 0.614. The molecule has 2 heteroatoms. The van der Waals surface area contributed by atoms with Crippen LogP contribution in [0.25, 0.3) is 0 Å². The van der Waals surface area contributed by atoms with Crippen molar-refractivity contribution >= 4 is 0 Å². The normalized spacial score (nSPS) is 21.9. The van der Waals surface area contributed by atoms with Gasteiger partial charge >= 0.3 is 0 Å². The highest BCUT2D eigenvalue weighted by Crippen LogP contribution is 2.51. The van der Waals surface area contributed by atoms with E-state index in [2.05, 4.69) is 26.1 Å². The molecule has 1 aliphatic rings. The van der Waals surface area contributed by atoms with Crippen molar-refractivity contribution in [3.8, 4) is 0 Å². The molecule has 1 aliphatic carbocycles. The van der Waals surface area contributed by atoms with Crippen molar-refractivity contribution in [1.82, 2.24) is 5.32 Å². The largest absolute Gasteiger partial charge is 0.330 e. The average Bonchev–Trinajstić information content (AvgIpc) is 2.85. The number of hydrogen-bond acceptors (Lipinski definition) is 2. The standard InChI is InChI=1S/C11H24N2/c1-9(2)11(4-5-11)8-13-7-10(3)6-12/h9-10,13H,4-8,12H2,1-3H3. The summed E-state index contributed by atoms with van der Waals surface area (Å²) in [7, 11) is 0. The molecule has 1 saturated carbocycles. The average molecular weight is 184 g/mol. The van der Waals surface area contributed by atoms with Gasteiger partial charge in [0.2, 0.25) is 0 Å². The van der Waals surface area contributed by atoms with Crippen molar-refractivity contribution in [2.24, 2.45) is 23.0 Å². The Balaban J connectivity index is 2.12. The van der Waals surface area contributed by atoms with E-state index in [1.165, 1.54) is 19.4 Å². The maximum Gasteiger partial charge on any atom is 0.00104 e. The Bertz CT molecular complexity index is 150. The van der Waals surface area contributed by atoms with Gasteiger partial charge in [-0.25, -0.2) is 0 Å². The van der Waals surface area contributed by atoms with Crippen LogP contribution in [0.4, 0.5) is 0 Å². The first kappa shape index (κ1) is 11.0. The van der Waals surface area contributed by atoms with E-state index < -0.39 is 0 Å². The highest BCUT2D eigenvalue weighted by atomic mass is 14.9. The van der Waals surface area contributed by atoms with Crippen molar-refractivity contribution < 1.29 is 0 Å². The zero-order valence-electron chi connectivity index (χ0n) is 9.27. The van der Waals surface area contributed by atoms with E-state index in [1.54, 1.807) is 0 Å². The maximum atomic E-state index is 5.56. The lowest BCUT2D eigenvalue weighted by Gasteiger charge is -2.21. The predicted molar refractivity (Wildman–Crippen MR) is 57.6 cm³/mol. The molecule has 13 heavy (non-hydrogen) atoms. The zero-order chi connectivity index (χ0) is 9.90. The van der Waals surface area contributed by atoms with Gasteiger partial charge in [0.1, 0.15) is 0 Å². The van der Waals surface area contributed by atoms with E-state index >= 15 is 0 Å². The van der Waals surface area contributed by atoms with Crippen LogP contribution in [-0.2, 0) is 0 Å². The first-order valence-corrected chi connectivity index (χ1v) is 5.51. The molecule has 78 valence electrons. The van der Waals surface area contributed by atoms with Gasteiger partial charge in [0.05, 0.1) is 0 Å². The summed E-state index contributed by atoms with van der Waals surface area (Å²) in [6.45, 7) is 9.92.